The second-order valence-corrected chi connectivity index (χ2v) is 5.37. The molecule has 0 unspecified atom stereocenters. The highest BCUT2D eigenvalue weighted by atomic mass is 32.1. The number of hydrogen-bond acceptors (Lipinski definition) is 3. The van der Waals surface area contributed by atoms with Crippen LogP contribution in [0.1, 0.15) is 19.5 Å². The summed E-state index contributed by atoms with van der Waals surface area (Å²) in [5.41, 5.74) is 2.94. The molecule has 0 spiro atoms. The monoisotopic (exact) mass is 274 g/mol. The third-order valence-corrected chi connectivity index (χ3v) is 2.81. The maximum atomic E-state index is 5.66. The summed E-state index contributed by atoms with van der Waals surface area (Å²) < 4.78 is 6.17. The molecule has 1 aromatic heterocycles. The van der Waals surface area contributed by atoms with Crippen molar-refractivity contribution in [1.82, 2.24) is 9.97 Å². The zero-order valence-electron chi connectivity index (χ0n) is 11.4. The van der Waals surface area contributed by atoms with E-state index < -0.39 is 0 Å². The van der Waals surface area contributed by atoms with Crippen LogP contribution in [0, 0.1) is 17.6 Å². The standard InChI is InChI=1S/C15H18N2OS/c1-10(2)9-18-13-6-4-12(5-7-13)14-8-11(3)16-15(19)17-14/h4-8,10H,9H2,1-3H3,(H,16,17,19). The van der Waals surface area contributed by atoms with Gasteiger partial charge in [-0.3, -0.25) is 0 Å². The van der Waals surface area contributed by atoms with E-state index in [0.717, 1.165) is 29.3 Å². The van der Waals surface area contributed by atoms with E-state index in [1.54, 1.807) is 0 Å². The van der Waals surface area contributed by atoms with Gasteiger partial charge in [-0.2, -0.15) is 0 Å². The molecule has 0 aliphatic heterocycles. The molecular weight excluding hydrogens is 256 g/mol. The number of nitrogens with one attached hydrogen (secondary N) is 1. The van der Waals surface area contributed by atoms with E-state index in [1.165, 1.54) is 0 Å². The Balaban J connectivity index is 2.20. The number of hydrogen-bond donors (Lipinski definition) is 1. The van der Waals surface area contributed by atoms with Crippen molar-refractivity contribution in [2.24, 2.45) is 5.92 Å². The van der Waals surface area contributed by atoms with Gasteiger partial charge in [-0.1, -0.05) is 13.8 Å². The fraction of sp³-hybridized carbons (Fsp3) is 0.333. The van der Waals surface area contributed by atoms with Crippen molar-refractivity contribution in [3.63, 3.8) is 0 Å². The quantitative estimate of drug-likeness (QED) is 0.851. The summed E-state index contributed by atoms with van der Waals surface area (Å²) in [7, 11) is 0. The highest BCUT2D eigenvalue weighted by Crippen LogP contribution is 2.21. The zero-order valence-corrected chi connectivity index (χ0v) is 12.3. The number of rotatable bonds is 4. The van der Waals surface area contributed by atoms with Gasteiger partial charge < -0.3 is 9.72 Å². The lowest BCUT2D eigenvalue weighted by molar-refractivity contribution is 0.271. The van der Waals surface area contributed by atoms with Crippen molar-refractivity contribution in [3.8, 4) is 17.0 Å². The number of aromatic nitrogens is 2. The molecule has 1 N–H and O–H groups in total. The van der Waals surface area contributed by atoms with Crippen LogP contribution in [0.25, 0.3) is 11.3 Å². The molecule has 0 saturated heterocycles. The molecule has 0 bridgehead atoms. The Morgan fingerprint density at radius 3 is 2.53 bits per heavy atom. The molecule has 0 amide bonds. The van der Waals surface area contributed by atoms with Crippen LogP contribution in [0.15, 0.2) is 30.3 Å². The largest absolute Gasteiger partial charge is 0.493 e. The van der Waals surface area contributed by atoms with Gasteiger partial charge in [0, 0.05) is 11.3 Å². The molecule has 100 valence electrons. The van der Waals surface area contributed by atoms with Gasteiger partial charge in [0.2, 0.25) is 0 Å². The summed E-state index contributed by atoms with van der Waals surface area (Å²) in [6.07, 6.45) is 0. The Labute approximate surface area is 118 Å². The first-order chi connectivity index (χ1) is 9.04. The molecule has 1 aromatic carbocycles. The van der Waals surface area contributed by atoms with E-state index in [9.17, 15) is 0 Å². The molecule has 0 atom stereocenters. The minimum absolute atomic E-state index is 0.509. The maximum Gasteiger partial charge on any atom is 0.197 e. The Morgan fingerprint density at radius 1 is 1.26 bits per heavy atom. The lowest BCUT2D eigenvalue weighted by atomic mass is 10.1. The number of aromatic amines is 1. The summed E-state index contributed by atoms with van der Waals surface area (Å²) in [5, 5.41) is 0. The Bertz CT molecular complexity index is 602. The molecule has 2 aromatic rings. The van der Waals surface area contributed by atoms with Crippen molar-refractivity contribution in [2.45, 2.75) is 20.8 Å². The Kier molecular flexibility index (Phi) is 4.32. The van der Waals surface area contributed by atoms with Crippen molar-refractivity contribution in [1.29, 1.82) is 0 Å². The maximum absolute atomic E-state index is 5.66. The number of H-pyrrole nitrogens is 1. The van der Waals surface area contributed by atoms with Crippen molar-refractivity contribution in [3.05, 3.63) is 40.8 Å². The van der Waals surface area contributed by atoms with Crippen molar-refractivity contribution in [2.75, 3.05) is 6.61 Å². The molecule has 0 aliphatic carbocycles. The van der Waals surface area contributed by atoms with Crippen LogP contribution in [0.5, 0.6) is 5.75 Å². The van der Waals surface area contributed by atoms with Gasteiger partial charge in [0.1, 0.15) is 5.75 Å². The fourth-order valence-corrected chi connectivity index (χ4v) is 1.97. The second kappa shape index (κ2) is 5.97. The van der Waals surface area contributed by atoms with E-state index in [-0.39, 0.29) is 0 Å². The summed E-state index contributed by atoms with van der Waals surface area (Å²) in [4.78, 5) is 7.33. The molecule has 2 rings (SSSR count). The van der Waals surface area contributed by atoms with Gasteiger partial charge in [0.25, 0.3) is 0 Å². The first-order valence-corrected chi connectivity index (χ1v) is 6.76. The molecule has 1 heterocycles. The first kappa shape index (κ1) is 13.7. The third-order valence-electron chi connectivity index (χ3n) is 2.61. The van der Waals surface area contributed by atoms with Crippen LogP contribution in [0.3, 0.4) is 0 Å². The summed E-state index contributed by atoms with van der Waals surface area (Å²) in [6, 6.07) is 9.93. The molecule has 0 fully saturated rings. The van der Waals surface area contributed by atoms with Crippen LogP contribution < -0.4 is 4.74 Å². The molecule has 3 nitrogen and oxygen atoms in total. The van der Waals surface area contributed by atoms with Gasteiger partial charge in [0.15, 0.2) is 4.77 Å². The fourth-order valence-electron chi connectivity index (χ4n) is 1.71. The van der Waals surface area contributed by atoms with Crippen LogP contribution in [-0.2, 0) is 0 Å². The van der Waals surface area contributed by atoms with Crippen molar-refractivity contribution >= 4 is 12.2 Å². The average Bonchev–Trinajstić information content (AvgIpc) is 2.36. The predicted molar refractivity (Wildman–Crippen MR) is 79.9 cm³/mol. The van der Waals surface area contributed by atoms with Crippen LogP contribution >= 0.6 is 12.2 Å². The van der Waals surface area contributed by atoms with E-state index >= 15 is 0 Å². The number of ether oxygens (including phenoxy) is 1. The van der Waals surface area contributed by atoms with Gasteiger partial charge >= 0.3 is 0 Å². The second-order valence-electron chi connectivity index (χ2n) is 4.98. The highest BCUT2D eigenvalue weighted by molar-refractivity contribution is 7.71. The number of benzene rings is 1. The summed E-state index contributed by atoms with van der Waals surface area (Å²) in [6.45, 7) is 6.97. The average molecular weight is 274 g/mol. The van der Waals surface area contributed by atoms with Crippen LogP contribution in [0.2, 0.25) is 0 Å². The smallest absolute Gasteiger partial charge is 0.197 e. The summed E-state index contributed by atoms with van der Waals surface area (Å²) in [5.74, 6) is 1.41. The van der Waals surface area contributed by atoms with Gasteiger partial charge in [-0.15, -0.1) is 0 Å². The minimum atomic E-state index is 0.509. The van der Waals surface area contributed by atoms with E-state index in [2.05, 4.69) is 23.8 Å². The molecular formula is C15H18N2OS. The molecule has 0 saturated carbocycles. The molecule has 0 radical (unpaired) electrons. The van der Waals surface area contributed by atoms with Gasteiger partial charge in [0.05, 0.1) is 12.3 Å². The minimum Gasteiger partial charge on any atom is -0.493 e. The van der Waals surface area contributed by atoms with Crippen molar-refractivity contribution < 1.29 is 4.74 Å². The Hall–Kier alpha value is -1.68. The SMILES string of the molecule is Cc1cc(-c2ccc(OCC(C)C)cc2)nc(=S)[nH]1. The number of aryl methyl sites for hydroxylation is 1. The lowest BCUT2D eigenvalue weighted by Crippen LogP contribution is -2.04. The van der Waals surface area contributed by atoms with Gasteiger partial charge in [-0.05, 0) is 55.4 Å². The predicted octanol–water partition coefficient (Wildman–Crippen LogP) is 4.15. The van der Waals surface area contributed by atoms with Crippen LogP contribution in [-0.4, -0.2) is 16.6 Å². The third kappa shape index (κ3) is 3.89. The summed E-state index contributed by atoms with van der Waals surface area (Å²) >= 11 is 5.09. The highest BCUT2D eigenvalue weighted by Gasteiger charge is 2.02. The molecule has 0 aliphatic rings. The lowest BCUT2D eigenvalue weighted by Gasteiger charge is -2.09. The zero-order chi connectivity index (χ0) is 13.8. The van der Waals surface area contributed by atoms with Gasteiger partial charge in [-0.25, -0.2) is 4.98 Å². The molecule has 19 heavy (non-hydrogen) atoms. The Morgan fingerprint density at radius 2 is 1.95 bits per heavy atom. The van der Waals surface area contributed by atoms with E-state index in [1.807, 2.05) is 37.3 Å². The van der Waals surface area contributed by atoms with Crippen LogP contribution in [0.4, 0.5) is 0 Å². The van der Waals surface area contributed by atoms with E-state index in [4.69, 9.17) is 17.0 Å². The molecule has 4 heteroatoms. The number of nitrogens with zero attached hydrogens (tertiary/aromatic N) is 1. The van der Waals surface area contributed by atoms with E-state index in [0.29, 0.717) is 10.7 Å². The topological polar surface area (TPSA) is 37.9 Å². The normalized spacial score (nSPS) is 10.7. The first-order valence-electron chi connectivity index (χ1n) is 6.36.